The van der Waals surface area contributed by atoms with Crippen molar-refractivity contribution in [3.05, 3.63) is 108 Å². The standard InChI is InChI=1S/C42H44O17SSe/c1-23(43)51-21-30-32(53-24(2)44)33(54-25(3)45)36(55-26(4)46)42(57-30)60-61-37-31(22-52-38(47)27-15-9-6-10-16-27)56-41(50-5)35(59-40(49)29-19-13-8-14-20-29)34(37)58-39(48)28-17-11-7-12-18-28/h6-20,30-37,41-42H,21-22H2,1-5H3/t30-,31-,32+,33+,34-,35-,36-,37-,41+,42+/m1/s1. The van der Waals surface area contributed by atoms with Gasteiger partial charge < -0.3 is 0 Å². The fourth-order valence-corrected chi connectivity index (χ4v) is 12.0. The Morgan fingerprint density at radius 2 is 0.967 bits per heavy atom. The second kappa shape index (κ2) is 22.5. The first-order valence-corrected chi connectivity index (χ1v) is 22.7. The molecular formula is C42H44O17SSe. The van der Waals surface area contributed by atoms with E-state index in [0.29, 0.717) is 0 Å². The van der Waals surface area contributed by atoms with Crippen LogP contribution in [-0.2, 0) is 66.5 Å². The van der Waals surface area contributed by atoms with E-state index in [9.17, 15) is 33.6 Å². The van der Waals surface area contributed by atoms with E-state index in [1.807, 2.05) is 0 Å². The molecule has 2 aliphatic heterocycles. The van der Waals surface area contributed by atoms with Gasteiger partial charge in [-0.1, -0.05) is 0 Å². The predicted octanol–water partition coefficient (Wildman–Crippen LogP) is 3.89. The van der Waals surface area contributed by atoms with Crippen LogP contribution in [0.2, 0.25) is 4.82 Å². The molecule has 19 heteroatoms. The van der Waals surface area contributed by atoms with Crippen molar-refractivity contribution < 1.29 is 80.9 Å². The molecule has 3 aromatic rings. The fraction of sp³-hybridized carbons (Fsp3) is 0.405. The summed E-state index contributed by atoms with van der Waals surface area (Å²) in [6.45, 7) is 3.62. The Bertz CT molecular complexity index is 1990. The summed E-state index contributed by atoms with van der Waals surface area (Å²) in [5.41, 5.74) is -0.638. The van der Waals surface area contributed by atoms with E-state index in [4.69, 9.17) is 47.4 Å². The molecule has 2 fully saturated rings. The zero-order chi connectivity index (χ0) is 44.1. The van der Waals surface area contributed by atoms with Crippen LogP contribution in [0, 0.1) is 0 Å². The van der Waals surface area contributed by atoms with E-state index in [2.05, 4.69) is 0 Å². The third-order valence-electron chi connectivity index (χ3n) is 8.93. The molecule has 10 atom stereocenters. The van der Waals surface area contributed by atoms with Gasteiger partial charge in [-0.05, 0) is 0 Å². The summed E-state index contributed by atoms with van der Waals surface area (Å²) < 4.78 is 58.4. The van der Waals surface area contributed by atoms with Crippen LogP contribution in [0.1, 0.15) is 58.8 Å². The summed E-state index contributed by atoms with van der Waals surface area (Å²) in [5, 5.41) is 0. The van der Waals surface area contributed by atoms with Crippen molar-refractivity contribution >= 4 is 65.8 Å². The van der Waals surface area contributed by atoms with Crippen molar-refractivity contribution in [2.75, 3.05) is 20.3 Å². The Balaban J connectivity index is 1.57. The van der Waals surface area contributed by atoms with Gasteiger partial charge in [0.2, 0.25) is 0 Å². The van der Waals surface area contributed by atoms with E-state index < -0.39 is 128 Å². The first kappa shape index (κ1) is 46.8. The molecule has 5 rings (SSSR count). The second-order valence-corrected chi connectivity index (χ2v) is 17.9. The second-order valence-electron chi connectivity index (χ2n) is 13.4. The van der Waals surface area contributed by atoms with Crippen molar-refractivity contribution in [1.29, 1.82) is 0 Å². The molecule has 61 heavy (non-hydrogen) atoms. The van der Waals surface area contributed by atoms with Crippen LogP contribution in [0.25, 0.3) is 0 Å². The molecule has 0 saturated carbocycles. The molecular weight excluding hydrogens is 887 g/mol. The minimum absolute atomic E-state index is 0.168. The normalized spacial score (nSPS) is 25.8. The van der Waals surface area contributed by atoms with Crippen molar-refractivity contribution in [2.24, 2.45) is 0 Å². The molecule has 0 N–H and O–H groups in total. The number of rotatable bonds is 16. The Kier molecular flexibility index (Phi) is 17.3. The van der Waals surface area contributed by atoms with Crippen LogP contribution in [0.15, 0.2) is 91.0 Å². The monoisotopic (exact) mass is 932 g/mol. The number of benzene rings is 3. The molecule has 0 amide bonds. The van der Waals surface area contributed by atoms with Crippen molar-refractivity contribution in [1.82, 2.24) is 0 Å². The molecule has 326 valence electrons. The van der Waals surface area contributed by atoms with Gasteiger partial charge in [-0.3, -0.25) is 0 Å². The molecule has 17 nitrogen and oxygen atoms in total. The number of ether oxygens (including phenoxy) is 10. The number of methoxy groups -OCH3 is 1. The topological polar surface area (TPSA) is 212 Å². The van der Waals surface area contributed by atoms with Gasteiger partial charge in [0, 0.05) is 0 Å². The van der Waals surface area contributed by atoms with E-state index in [1.165, 1.54) is 31.4 Å². The molecule has 0 bridgehead atoms. The number of hydrogen-bond donors (Lipinski definition) is 0. The molecule has 0 aromatic heterocycles. The average Bonchev–Trinajstić information content (AvgIpc) is 3.24. The van der Waals surface area contributed by atoms with Crippen LogP contribution in [0.3, 0.4) is 0 Å². The molecule has 2 aliphatic rings. The van der Waals surface area contributed by atoms with Gasteiger partial charge in [0.05, 0.1) is 0 Å². The Morgan fingerprint density at radius 1 is 0.508 bits per heavy atom. The number of hydrogen-bond acceptors (Lipinski definition) is 18. The Morgan fingerprint density at radius 3 is 1.46 bits per heavy atom. The molecule has 0 spiro atoms. The number of carbonyl (C=O) groups is 7. The Labute approximate surface area is 360 Å². The predicted molar refractivity (Wildman–Crippen MR) is 213 cm³/mol. The number of carbonyl (C=O) groups excluding carboxylic acids is 7. The molecule has 0 radical (unpaired) electrons. The average molecular weight is 932 g/mol. The summed E-state index contributed by atoms with van der Waals surface area (Å²) in [7, 11) is 2.33. The Hall–Kier alpha value is -5.30. The van der Waals surface area contributed by atoms with Gasteiger partial charge in [-0.25, -0.2) is 0 Å². The first-order chi connectivity index (χ1) is 29.2. The third kappa shape index (κ3) is 13.1. The van der Waals surface area contributed by atoms with Crippen LogP contribution < -0.4 is 0 Å². The zero-order valence-electron chi connectivity index (χ0n) is 33.6. The quantitative estimate of drug-likeness (QED) is 0.113. The minimum atomic E-state index is -1.46. The summed E-state index contributed by atoms with van der Waals surface area (Å²) in [4.78, 5) is 89.1. The van der Waals surface area contributed by atoms with E-state index >= 15 is 0 Å². The van der Waals surface area contributed by atoms with Crippen molar-refractivity contribution in [3.63, 3.8) is 0 Å². The van der Waals surface area contributed by atoms with Gasteiger partial charge >= 0.3 is 362 Å². The van der Waals surface area contributed by atoms with Crippen molar-refractivity contribution in [3.8, 4) is 0 Å². The van der Waals surface area contributed by atoms with Gasteiger partial charge in [-0.2, -0.15) is 0 Å². The molecule has 3 aromatic carbocycles. The maximum atomic E-state index is 13.9. The van der Waals surface area contributed by atoms with Gasteiger partial charge in [-0.15, -0.1) is 0 Å². The van der Waals surface area contributed by atoms with E-state index in [1.54, 1.807) is 66.7 Å². The summed E-state index contributed by atoms with van der Waals surface area (Å²) >= 11 is -0.967. The third-order valence-corrected chi connectivity index (χ3v) is 14.3. The van der Waals surface area contributed by atoms with Crippen LogP contribution in [-0.4, -0.2) is 130 Å². The van der Waals surface area contributed by atoms with Gasteiger partial charge in [0.25, 0.3) is 0 Å². The molecule has 2 heterocycles. The first-order valence-electron chi connectivity index (χ1n) is 18.8. The van der Waals surface area contributed by atoms with E-state index in [-0.39, 0.29) is 16.7 Å². The zero-order valence-corrected chi connectivity index (χ0v) is 36.1. The van der Waals surface area contributed by atoms with Gasteiger partial charge in [0.15, 0.2) is 0 Å². The fourth-order valence-electron chi connectivity index (χ4n) is 6.31. The SMILES string of the molecule is CO[C@H]1O[C@H](COC(=O)c2ccccc2)[C@@H]([Se]S[C@@H]2O[C@H](COC(C)=O)[C@H](OC(C)=O)[C@H](OC(C)=O)[C@H]2OC(C)=O)[C@H](OC(=O)c2ccccc2)[C@H]1OC(=O)c1ccccc1. The van der Waals surface area contributed by atoms with Crippen LogP contribution in [0.4, 0.5) is 0 Å². The van der Waals surface area contributed by atoms with E-state index in [0.717, 1.165) is 37.9 Å². The number of esters is 7. The maximum absolute atomic E-state index is 13.9. The summed E-state index contributed by atoms with van der Waals surface area (Å²) in [6, 6.07) is 24.3. The van der Waals surface area contributed by atoms with Gasteiger partial charge in [0.1, 0.15) is 0 Å². The summed E-state index contributed by atoms with van der Waals surface area (Å²) in [5.74, 6) is -5.37. The molecule has 0 unspecified atom stereocenters. The van der Waals surface area contributed by atoms with Crippen LogP contribution >= 0.6 is 10.2 Å². The summed E-state index contributed by atoms with van der Waals surface area (Å²) in [6.07, 6.45) is -10.7. The molecule has 0 aliphatic carbocycles. The van der Waals surface area contributed by atoms with Crippen molar-refractivity contribution in [2.45, 2.75) is 87.0 Å². The van der Waals surface area contributed by atoms with Crippen LogP contribution in [0.5, 0.6) is 0 Å². The molecule has 2 saturated heterocycles.